The van der Waals surface area contributed by atoms with Crippen molar-refractivity contribution in [2.75, 3.05) is 25.0 Å². The topological polar surface area (TPSA) is 57.3 Å². The maximum Gasteiger partial charge on any atom is 0.269 e. The highest BCUT2D eigenvalue weighted by atomic mass is 35.5. The number of pyridine rings is 1. The standard InChI is InChI=1S/C13H18N4O.2ClH/c1-14-13(18)12-5-4-11(6-15-12)17-7-9-2-3-10(8-17)16-9;;/h4-6,9-10,16H,2-3,7-8H2,1H3,(H,14,18);2*1H. The second-order valence-electron chi connectivity index (χ2n) is 5.02. The molecule has 0 radical (unpaired) electrons. The third-order valence-electron chi connectivity index (χ3n) is 3.79. The Kier molecular flexibility index (Phi) is 6.05. The quantitative estimate of drug-likeness (QED) is 0.861. The molecule has 2 saturated heterocycles. The van der Waals surface area contributed by atoms with E-state index in [0.29, 0.717) is 17.8 Å². The van der Waals surface area contributed by atoms with Gasteiger partial charge in [-0.25, -0.2) is 4.98 Å². The summed E-state index contributed by atoms with van der Waals surface area (Å²) in [5.74, 6) is -0.137. The molecule has 1 aromatic heterocycles. The molecule has 1 aromatic rings. The minimum absolute atomic E-state index is 0. The van der Waals surface area contributed by atoms with Crippen molar-refractivity contribution >= 4 is 36.4 Å². The van der Waals surface area contributed by atoms with Gasteiger partial charge in [-0.3, -0.25) is 4.79 Å². The van der Waals surface area contributed by atoms with E-state index in [-0.39, 0.29) is 30.7 Å². The first kappa shape index (κ1) is 17.0. The first-order valence-corrected chi connectivity index (χ1v) is 6.45. The summed E-state index contributed by atoms with van der Waals surface area (Å²) in [6.45, 7) is 2.08. The molecule has 0 aromatic carbocycles. The van der Waals surface area contributed by atoms with Gasteiger partial charge >= 0.3 is 0 Å². The van der Waals surface area contributed by atoms with Gasteiger partial charge in [0, 0.05) is 32.2 Å². The second-order valence-corrected chi connectivity index (χ2v) is 5.02. The zero-order chi connectivity index (χ0) is 12.5. The van der Waals surface area contributed by atoms with Crippen LogP contribution in [0.5, 0.6) is 0 Å². The zero-order valence-corrected chi connectivity index (χ0v) is 13.0. The van der Waals surface area contributed by atoms with E-state index < -0.39 is 0 Å². The number of amides is 1. The molecule has 1 amide bonds. The van der Waals surface area contributed by atoms with Gasteiger partial charge < -0.3 is 15.5 Å². The number of carbonyl (C=O) groups is 1. The van der Waals surface area contributed by atoms with Gasteiger partial charge in [-0.05, 0) is 25.0 Å². The molecule has 2 fully saturated rings. The fourth-order valence-corrected chi connectivity index (χ4v) is 2.84. The van der Waals surface area contributed by atoms with E-state index in [1.165, 1.54) is 12.8 Å². The second kappa shape index (κ2) is 7.11. The molecule has 2 atom stereocenters. The van der Waals surface area contributed by atoms with Gasteiger partial charge in [0.1, 0.15) is 5.69 Å². The summed E-state index contributed by atoms with van der Waals surface area (Å²) < 4.78 is 0. The Hall–Kier alpha value is -1.04. The Balaban J connectivity index is 0.000001000. The van der Waals surface area contributed by atoms with Crippen molar-refractivity contribution < 1.29 is 4.79 Å². The highest BCUT2D eigenvalue weighted by molar-refractivity contribution is 5.92. The average molecular weight is 319 g/mol. The Morgan fingerprint density at radius 2 is 1.95 bits per heavy atom. The monoisotopic (exact) mass is 318 g/mol. The lowest BCUT2D eigenvalue weighted by molar-refractivity contribution is 0.0958. The maximum absolute atomic E-state index is 11.4. The minimum atomic E-state index is -0.137. The molecule has 0 aliphatic carbocycles. The van der Waals surface area contributed by atoms with Gasteiger partial charge in [0.25, 0.3) is 5.91 Å². The van der Waals surface area contributed by atoms with Crippen LogP contribution in [0.3, 0.4) is 0 Å². The van der Waals surface area contributed by atoms with E-state index in [2.05, 4.69) is 20.5 Å². The van der Waals surface area contributed by atoms with Crippen LogP contribution in [0.1, 0.15) is 23.3 Å². The Labute approximate surface area is 131 Å². The van der Waals surface area contributed by atoms with E-state index in [4.69, 9.17) is 0 Å². The van der Waals surface area contributed by atoms with Crippen LogP contribution >= 0.6 is 24.8 Å². The van der Waals surface area contributed by atoms with E-state index in [9.17, 15) is 4.79 Å². The van der Waals surface area contributed by atoms with Crippen molar-refractivity contribution in [2.24, 2.45) is 0 Å². The molecule has 3 heterocycles. The number of hydrogen-bond acceptors (Lipinski definition) is 4. The molecule has 20 heavy (non-hydrogen) atoms. The Morgan fingerprint density at radius 1 is 1.30 bits per heavy atom. The van der Waals surface area contributed by atoms with Crippen LogP contribution in [0.15, 0.2) is 18.3 Å². The first-order valence-electron chi connectivity index (χ1n) is 6.45. The smallest absolute Gasteiger partial charge is 0.269 e. The molecule has 2 aliphatic rings. The van der Waals surface area contributed by atoms with Crippen molar-refractivity contribution in [1.29, 1.82) is 0 Å². The number of rotatable bonds is 2. The fraction of sp³-hybridized carbons (Fsp3) is 0.538. The van der Waals surface area contributed by atoms with Gasteiger partial charge in [-0.15, -0.1) is 24.8 Å². The lowest BCUT2D eigenvalue weighted by Gasteiger charge is -2.34. The van der Waals surface area contributed by atoms with Crippen LogP contribution < -0.4 is 15.5 Å². The summed E-state index contributed by atoms with van der Waals surface area (Å²) in [4.78, 5) is 18.0. The van der Waals surface area contributed by atoms with Crippen LogP contribution in [-0.4, -0.2) is 43.1 Å². The Morgan fingerprint density at radius 3 is 2.45 bits per heavy atom. The summed E-state index contributed by atoms with van der Waals surface area (Å²) in [6.07, 6.45) is 4.34. The molecule has 3 rings (SSSR count). The SMILES string of the molecule is CNC(=O)c1ccc(N2CC3CCC(C2)N3)cn1.Cl.Cl. The molecule has 2 aliphatic heterocycles. The third-order valence-corrected chi connectivity index (χ3v) is 3.79. The fourth-order valence-electron chi connectivity index (χ4n) is 2.84. The van der Waals surface area contributed by atoms with Crippen molar-refractivity contribution in [3.8, 4) is 0 Å². The molecule has 0 spiro atoms. The van der Waals surface area contributed by atoms with Crippen LogP contribution in [0.4, 0.5) is 5.69 Å². The molecule has 2 N–H and O–H groups in total. The zero-order valence-electron chi connectivity index (χ0n) is 11.3. The summed E-state index contributed by atoms with van der Waals surface area (Å²) in [6, 6.07) is 5.00. The predicted molar refractivity (Wildman–Crippen MR) is 84.3 cm³/mol. The molecule has 7 heteroatoms. The van der Waals surface area contributed by atoms with Gasteiger partial charge in [0.2, 0.25) is 0 Å². The van der Waals surface area contributed by atoms with Gasteiger partial charge in [0.05, 0.1) is 11.9 Å². The number of halogens is 2. The van der Waals surface area contributed by atoms with E-state index >= 15 is 0 Å². The summed E-state index contributed by atoms with van der Waals surface area (Å²) in [7, 11) is 1.62. The summed E-state index contributed by atoms with van der Waals surface area (Å²) in [5.41, 5.74) is 1.58. The van der Waals surface area contributed by atoms with E-state index in [1.54, 1.807) is 19.3 Å². The number of carbonyl (C=O) groups excluding carboxylic acids is 1. The van der Waals surface area contributed by atoms with Crippen molar-refractivity contribution in [3.05, 3.63) is 24.0 Å². The van der Waals surface area contributed by atoms with Crippen LogP contribution in [0.2, 0.25) is 0 Å². The number of anilines is 1. The van der Waals surface area contributed by atoms with E-state index in [1.807, 2.05) is 6.07 Å². The summed E-state index contributed by atoms with van der Waals surface area (Å²) in [5, 5.41) is 6.18. The first-order chi connectivity index (χ1) is 8.76. The maximum atomic E-state index is 11.4. The molecular formula is C13H20Cl2N4O. The number of aromatic nitrogens is 1. The van der Waals surface area contributed by atoms with Crippen molar-refractivity contribution in [3.63, 3.8) is 0 Å². The van der Waals surface area contributed by atoms with Gasteiger partial charge in [-0.1, -0.05) is 0 Å². The van der Waals surface area contributed by atoms with Crippen LogP contribution in [0.25, 0.3) is 0 Å². The van der Waals surface area contributed by atoms with Crippen LogP contribution in [-0.2, 0) is 0 Å². The minimum Gasteiger partial charge on any atom is -0.367 e. The van der Waals surface area contributed by atoms with Crippen LogP contribution in [0, 0.1) is 0 Å². The molecule has 2 unspecified atom stereocenters. The van der Waals surface area contributed by atoms with E-state index in [0.717, 1.165) is 18.8 Å². The number of nitrogens with zero attached hydrogens (tertiary/aromatic N) is 2. The molecule has 0 saturated carbocycles. The highest BCUT2D eigenvalue weighted by Crippen LogP contribution is 2.24. The highest BCUT2D eigenvalue weighted by Gasteiger charge is 2.32. The van der Waals surface area contributed by atoms with Crippen molar-refractivity contribution in [2.45, 2.75) is 24.9 Å². The van der Waals surface area contributed by atoms with Gasteiger partial charge in [0.15, 0.2) is 0 Å². The molecule has 2 bridgehead atoms. The number of fused-ring (bicyclic) bond motifs is 2. The number of hydrogen-bond donors (Lipinski definition) is 2. The average Bonchev–Trinajstić information content (AvgIpc) is 2.77. The van der Waals surface area contributed by atoms with Gasteiger partial charge in [-0.2, -0.15) is 0 Å². The lowest BCUT2D eigenvalue weighted by Crippen LogP contribution is -2.51. The molecule has 112 valence electrons. The number of piperazine rings is 1. The third kappa shape index (κ3) is 3.34. The molecular weight excluding hydrogens is 299 g/mol. The molecule has 5 nitrogen and oxygen atoms in total. The largest absolute Gasteiger partial charge is 0.367 e. The normalized spacial score (nSPS) is 23.6. The number of nitrogens with one attached hydrogen (secondary N) is 2. The lowest BCUT2D eigenvalue weighted by atomic mass is 10.2. The van der Waals surface area contributed by atoms with Crippen molar-refractivity contribution in [1.82, 2.24) is 15.6 Å². The predicted octanol–water partition coefficient (Wildman–Crippen LogP) is 1.23. The Bertz CT molecular complexity index is 442. The summed E-state index contributed by atoms with van der Waals surface area (Å²) >= 11 is 0.